The van der Waals surface area contributed by atoms with Crippen LogP contribution in [0.1, 0.15) is 39.5 Å². The van der Waals surface area contributed by atoms with Gasteiger partial charge in [0.25, 0.3) is 0 Å². The predicted octanol–water partition coefficient (Wildman–Crippen LogP) is 6.82. The van der Waals surface area contributed by atoms with Crippen LogP contribution < -0.4 is 14.4 Å². The molecule has 1 unspecified atom stereocenters. The van der Waals surface area contributed by atoms with Crippen LogP contribution in [0.4, 0.5) is 11.4 Å². The molecule has 0 fully saturated rings. The molecule has 1 aliphatic rings. The van der Waals surface area contributed by atoms with E-state index in [1.54, 1.807) is 13.2 Å². The first-order chi connectivity index (χ1) is 16.7. The number of nitrogens with zero attached hydrogens (tertiary/aromatic N) is 1. The summed E-state index contributed by atoms with van der Waals surface area (Å²) in [5.41, 5.74) is 1.42. The van der Waals surface area contributed by atoms with E-state index in [0.29, 0.717) is 17.2 Å². The summed E-state index contributed by atoms with van der Waals surface area (Å²) >= 11 is 1.48. The van der Waals surface area contributed by atoms with Gasteiger partial charge in [0.2, 0.25) is 0 Å². The first-order valence-corrected chi connectivity index (χ1v) is 14.8. The second-order valence-electron chi connectivity index (χ2n) is 8.89. The number of fused-ring (bicyclic) bond motifs is 1. The first-order valence-electron chi connectivity index (χ1n) is 11.8. The molecule has 2 aromatic rings. The average Bonchev–Trinajstić information content (AvgIpc) is 2.97. The number of methoxy groups -OCH3 is 2. The number of hydrogen-bond donors (Lipinski definition) is 2. The van der Waals surface area contributed by atoms with E-state index in [0.717, 1.165) is 47.7 Å². The molecule has 2 N–H and O–H groups in total. The average molecular weight is 524 g/mol. The fraction of sp³-hybridized carbons (Fsp3) is 0.500. The summed E-state index contributed by atoms with van der Waals surface area (Å²) in [5, 5.41) is 0. The molecule has 9 heteroatoms. The number of ether oxygens (including phenoxy) is 3. The van der Waals surface area contributed by atoms with Crippen molar-refractivity contribution in [1.82, 2.24) is 0 Å². The van der Waals surface area contributed by atoms with E-state index in [-0.39, 0.29) is 17.8 Å². The summed E-state index contributed by atoms with van der Waals surface area (Å²) in [6.45, 7) is 4.70. The zero-order chi connectivity index (χ0) is 25.6. The van der Waals surface area contributed by atoms with Crippen molar-refractivity contribution in [2.75, 3.05) is 44.3 Å². The van der Waals surface area contributed by atoms with Crippen LogP contribution in [0.2, 0.25) is 0 Å². The molecule has 0 spiro atoms. The minimum Gasteiger partial charge on any atom is -0.497 e. The van der Waals surface area contributed by atoms with Gasteiger partial charge in [-0.2, -0.15) is 10.6 Å². The van der Waals surface area contributed by atoms with Crippen LogP contribution in [0.5, 0.6) is 11.5 Å². The second-order valence-corrected chi connectivity index (χ2v) is 11.8. The molecule has 0 saturated carbocycles. The van der Waals surface area contributed by atoms with Crippen LogP contribution in [0.3, 0.4) is 0 Å². The van der Waals surface area contributed by atoms with Gasteiger partial charge >= 0.3 is 5.97 Å². The van der Waals surface area contributed by atoms with Gasteiger partial charge < -0.3 is 19.1 Å². The van der Waals surface area contributed by atoms with Crippen molar-refractivity contribution in [2.45, 2.75) is 49.3 Å². The standard InChI is InChI=1S/C26H37NO6S2/c1-6-8-13-26(7-2)17-27(19-9-11-20(31-3)12-10-19)21-14-23(34-5)22(33-16-25(28)32-4)15-24(21)35(29,30)18-26/h9-12,14-15,29-30H,6-8,13,16-18H2,1-5H3. The van der Waals surface area contributed by atoms with E-state index in [1.165, 1.54) is 18.9 Å². The Morgan fingerprint density at radius 1 is 1.17 bits per heavy atom. The van der Waals surface area contributed by atoms with Gasteiger partial charge in [0.15, 0.2) is 6.61 Å². The number of benzene rings is 2. The van der Waals surface area contributed by atoms with E-state index in [9.17, 15) is 13.9 Å². The summed E-state index contributed by atoms with van der Waals surface area (Å²) in [7, 11) is -0.200. The maximum Gasteiger partial charge on any atom is 0.343 e. The Hall–Kier alpha value is -2.07. The Morgan fingerprint density at radius 2 is 1.89 bits per heavy atom. The number of anilines is 2. The van der Waals surface area contributed by atoms with Crippen molar-refractivity contribution in [3.8, 4) is 11.5 Å². The molecule has 1 atom stereocenters. The van der Waals surface area contributed by atoms with Gasteiger partial charge in [-0.05, 0) is 49.4 Å². The Morgan fingerprint density at radius 3 is 2.46 bits per heavy atom. The highest BCUT2D eigenvalue weighted by Gasteiger charge is 2.42. The summed E-state index contributed by atoms with van der Waals surface area (Å²) in [4.78, 5) is 15.1. The maximum atomic E-state index is 11.7. The number of unbranched alkanes of at least 4 members (excludes halogenated alkanes) is 1. The molecule has 0 aliphatic carbocycles. The summed E-state index contributed by atoms with van der Waals surface area (Å²) in [6, 6.07) is 11.5. The lowest BCUT2D eigenvalue weighted by atomic mass is 9.81. The maximum absolute atomic E-state index is 11.7. The topological polar surface area (TPSA) is 88.5 Å². The van der Waals surface area contributed by atoms with Crippen molar-refractivity contribution in [3.63, 3.8) is 0 Å². The number of thioether (sulfide) groups is 1. The quantitative estimate of drug-likeness (QED) is 0.259. The number of carbonyl (C=O) groups excluding carboxylic acids is 1. The molecule has 0 saturated heterocycles. The molecule has 1 aliphatic heterocycles. The molecule has 7 nitrogen and oxygen atoms in total. The lowest BCUT2D eigenvalue weighted by molar-refractivity contribution is -0.142. The first kappa shape index (κ1) is 27.5. The van der Waals surface area contributed by atoms with Crippen molar-refractivity contribution in [3.05, 3.63) is 36.4 Å². The van der Waals surface area contributed by atoms with Crippen molar-refractivity contribution in [2.24, 2.45) is 5.41 Å². The molecule has 2 aromatic carbocycles. The third kappa shape index (κ3) is 6.20. The van der Waals surface area contributed by atoms with Gasteiger partial charge in [0, 0.05) is 29.5 Å². The smallest absolute Gasteiger partial charge is 0.343 e. The van der Waals surface area contributed by atoms with Crippen LogP contribution in [0.25, 0.3) is 0 Å². The summed E-state index contributed by atoms with van der Waals surface area (Å²) < 4.78 is 39.0. The summed E-state index contributed by atoms with van der Waals surface area (Å²) in [6.07, 6.45) is 5.71. The van der Waals surface area contributed by atoms with Gasteiger partial charge in [0.05, 0.1) is 29.7 Å². The molecule has 0 bridgehead atoms. The zero-order valence-corrected chi connectivity index (χ0v) is 22.8. The fourth-order valence-corrected chi connectivity index (χ4v) is 7.33. The van der Waals surface area contributed by atoms with Crippen molar-refractivity contribution < 1.29 is 28.1 Å². The Bertz CT molecular complexity index is 1010. The number of esters is 1. The number of carbonyl (C=O) groups is 1. The molecule has 0 aromatic heterocycles. The van der Waals surface area contributed by atoms with Gasteiger partial charge in [0.1, 0.15) is 11.5 Å². The third-order valence-corrected chi connectivity index (χ3v) is 9.46. The molecular formula is C26H37NO6S2. The normalized spacial score (nSPS) is 19.9. The van der Waals surface area contributed by atoms with Crippen LogP contribution in [-0.4, -0.2) is 54.5 Å². The Balaban J connectivity index is 2.19. The van der Waals surface area contributed by atoms with E-state index in [2.05, 4.69) is 18.7 Å². The molecule has 3 rings (SSSR count). The minimum atomic E-state index is -3.15. The molecule has 0 radical (unpaired) electrons. The van der Waals surface area contributed by atoms with Crippen LogP contribution in [0, 0.1) is 5.41 Å². The zero-order valence-electron chi connectivity index (χ0n) is 21.2. The van der Waals surface area contributed by atoms with Crippen LogP contribution in [-0.2, 0) is 9.53 Å². The highest BCUT2D eigenvalue weighted by atomic mass is 32.3. The van der Waals surface area contributed by atoms with E-state index < -0.39 is 16.6 Å². The molecule has 194 valence electrons. The monoisotopic (exact) mass is 523 g/mol. The van der Waals surface area contributed by atoms with Crippen molar-refractivity contribution >= 4 is 39.7 Å². The predicted molar refractivity (Wildman–Crippen MR) is 144 cm³/mol. The Labute approximate surface area is 214 Å². The SMILES string of the molecule is CCCCC1(CC)CN(c2ccc(OC)cc2)c2cc(SC)c(OCC(=O)OC)cc2S(O)(O)C1. The van der Waals surface area contributed by atoms with Gasteiger partial charge in [-0.1, -0.05) is 26.7 Å². The molecule has 0 amide bonds. The van der Waals surface area contributed by atoms with E-state index in [4.69, 9.17) is 14.2 Å². The van der Waals surface area contributed by atoms with Gasteiger partial charge in [-0.15, -0.1) is 11.8 Å². The highest BCUT2D eigenvalue weighted by molar-refractivity contribution is 8.24. The lowest BCUT2D eigenvalue weighted by Crippen LogP contribution is -2.37. The largest absolute Gasteiger partial charge is 0.497 e. The second kappa shape index (κ2) is 11.8. The van der Waals surface area contributed by atoms with E-state index in [1.807, 2.05) is 36.6 Å². The van der Waals surface area contributed by atoms with Gasteiger partial charge in [-0.25, -0.2) is 4.79 Å². The molecular weight excluding hydrogens is 486 g/mol. The van der Waals surface area contributed by atoms with Crippen LogP contribution in [0.15, 0.2) is 46.2 Å². The Kier molecular flexibility index (Phi) is 9.26. The third-order valence-electron chi connectivity index (χ3n) is 6.66. The van der Waals surface area contributed by atoms with Crippen molar-refractivity contribution in [1.29, 1.82) is 0 Å². The molecule has 35 heavy (non-hydrogen) atoms. The minimum absolute atomic E-state index is 0.250. The number of rotatable bonds is 10. The summed E-state index contributed by atoms with van der Waals surface area (Å²) in [5.74, 6) is 0.986. The number of hydrogen-bond acceptors (Lipinski definition) is 8. The fourth-order valence-electron chi connectivity index (χ4n) is 4.53. The lowest BCUT2D eigenvalue weighted by Gasteiger charge is -2.41. The van der Waals surface area contributed by atoms with Gasteiger partial charge in [-0.3, -0.25) is 9.11 Å². The van der Waals surface area contributed by atoms with E-state index >= 15 is 0 Å². The molecule has 1 heterocycles. The highest BCUT2D eigenvalue weighted by Crippen LogP contribution is 2.62. The van der Waals surface area contributed by atoms with Crippen LogP contribution >= 0.6 is 22.4 Å².